The Morgan fingerprint density at radius 1 is 1.53 bits per heavy atom. The van der Waals surface area contributed by atoms with Crippen LogP contribution in [0.15, 0.2) is 16.7 Å². The van der Waals surface area contributed by atoms with Gasteiger partial charge in [-0.15, -0.1) is 0 Å². The number of hydrogen-bond donors (Lipinski definition) is 0. The average molecular weight is 211 g/mol. The number of furan rings is 1. The number of carbonyl (C=O) groups is 2. The van der Waals surface area contributed by atoms with Gasteiger partial charge < -0.3 is 14.1 Å². The van der Waals surface area contributed by atoms with Gasteiger partial charge in [-0.25, -0.2) is 4.79 Å². The fraction of sp³-hybridized carbons (Fsp3) is 0.400. The van der Waals surface area contributed by atoms with E-state index in [1.54, 1.807) is 19.3 Å². The van der Waals surface area contributed by atoms with Crippen molar-refractivity contribution < 1.29 is 18.7 Å². The SMILES string of the molecule is COC(=O)C(=O)N(C)Cc1ccoc1C. The largest absolute Gasteiger partial charge is 0.469 e. The average Bonchev–Trinajstić information content (AvgIpc) is 2.62. The van der Waals surface area contributed by atoms with Gasteiger partial charge in [0.25, 0.3) is 0 Å². The second-order valence-corrected chi connectivity index (χ2v) is 3.15. The Morgan fingerprint density at radius 2 is 2.20 bits per heavy atom. The van der Waals surface area contributed by atoms with E-state index in [1.807, 2.05) is 0 Å². The molecule has 15 heavy (non-hydrogen) atoms. The van der Waals surface area contributed by atoms with Crippen molar-refractivity contribution in [3.8, 4) is 0 Å². The lowest BCUT2D eigenvalue weighted by molar-refractivity contribution is -0.157. The highest BCUT2D eigenvalue weighted by Crippen LogP contribution is 2.11. The molecule has 1 rings (SSSR count). The zero-order chi connectivity index (χ0) is 11.4. The van der Waals surface area contributed by atoms with Crippen LogP contribution < -0.4 is 0 Å². The van der Waals surface area contributed by atoms with E-state index in [-0.39, 0.29) is 0 Å². The van der Waals surface area contributed by atoms with Gasteiger partial charge in [0.2, 0.25) is 0 Å². The quantitative estimate of drug-likeness (QED) is 0.534. The molecule has 5 heteroatoms. The Labute approximate surface area is 87.6 Å². The predicted octanol–water partition coefficient (Wildman–Crippen LogP) is 0.719. The fourth-order valence-corrected chi connectivity index (χ4v) is 1.15. The highest BCUT2D eigenvalue weighted by molar-refractivity contribution is 6.32. The summed E-state index contributed by atoms with van der Waals surface area (Å²) in [5.74, 6) is -0.795. The zero-order valence-corrected chi connectivity index (χ0v) is 8.94. The minimum Gasteiger partial charge on any atom is -0.469 e. The highest BCUT2D eigenvalue weighted by Gasteiger charge is 2.19. The van der Waals surface area contributed by atoms with Crippen molar-refractivity contribution in [3.05, 3.63) is 23.7 Å². The lowest BCUT2D eigenvalue weighted by Gasteiger charge is -2.14. The first-order valence-corrected chi connectivity index (χ1v) is 4.42. The van der Waals surface area contributed by atoms with Crippen LogP contribution in [-0.4, -0.2) is 30.9 Å². The van der Waals surface area contributed by atoms with Gasteiger partial charge in [0.05, 0.1) is 13.4 Å². The van der Waals surface area contributed by atoms with Gasteiger partial charge in [0.1, 0.15) is 5.76 Å². The van der Waals surface area contributed by atoms with E-state index in [1.165, 1.54) is 19.1 Å². The molecule has 82 valence electrons. The molecule has 1 heterocycles. The number of esters is 1. The first-order valence-electron chi connectivity index (χ1n) is 4.42. The van der Waals surface area contributed by atoms with Crippen LogP contribution in [0.4, 0.5) is 0 Å². The molecule has 1 aromatic rings. The maximum atomic E-state index is 11.3. The molecule has 0 saturated heterocycles. The summed E-state index contributed by atoms with van der Waals surface area (Å²) >= 11 is 0. The molecule has 0 bridgehead atoms. The molecule has 0 unspecified atom stereocenters. The molecule has 0 saturated carbocycles. The van der Waals surface area contributed by atoms with Crippen molar-refractivity contribution in [3.63, 3.8) is 0 Å². The summed E-state index contributed by atoms with van der Waals surface area (Å²) in [7, 11) is 2.71. The lowest BCUT2D eigenvalue weighted by atomic mass is 10.2. The molecule has 0 atom stereocenters. The number of carbonyl (C=O) groups excluding carboxylic acids is 2. The first-order chi connectivity index (χ1) is 7.06. The van der Waals surface area contributed by atoms with Gasteiger partial charge in [-0.2, -0.15) is 0 Å². The Bertz CT molecular complexity index is 369. The minimum atomic E-state index is -0.862. The molecule has 1 amide bonds. The zero-order valence-electron chi connectivity index (χ0n) is 8.94. The third kappa shape index (κ3) is 2.59. The molecular weight excluding hydrogens is 198 g/mol. The van der Waals surface area contributed by atoms with Gasteiger partial charge in [-0.1, -0.05) is 0 Å². The number of aryl methyl sites for hydroxylation is 1. The second-order valence-electron chi connectivity index (χ2n) is 3.15. The van der Waals surface area contributed by atoms with Crippen molar-refractivity contribution >= 4 is 11.9 Å². The van der Waals surface area contributed by atoms with Crippen LogP contribution in [0.5, 0.6) is 0 Å². The van der Waals surface area contributed by atoms with Crippen LogP contribution >= 0.6 is 0 Å². The van der Waals surface area contributed by atoms with E-state index >= 15 is 0 Å². The normalized spacial score (nSPS) is 9.80. The van der Waals surface area contributed by atoms with Crippen molar-refractivity contribution in [2.45, 2.75) is 13.5 Å². The van der Waals surface area contributed by atoms with Gasteiger partial charge >= 0.3 is 11.9 Å². The number of methoxy groups -OCH3 is 1. The Kier molecular flexibility index (Phi) is 3.49. The standard InChI is InChI=1S/C10H13NO4/c1-7-8(4-5-15-7)6-11(2)9(12)10(13)14-3/h4-5H,6H2,1-3H3. The van der Waals surface area contributed by atoms with Crippen molar-refractivity contribution in [2.24, 2.45) is 0 Å². The summed E-state index contributed by atoms with van der Waals surface area (Å²) in [5.41, 5.74) is 0.870. The summed E-state index contributed by atoms with van der Waals surface area (Å²) in [6.45, 7) is 2.13. The molecule has 0 aromatic carbocycles. The molecule has 0 fully saturated rings. The van der Waals surface area contributed by atoms with Gasteiger partial charge in [0, 0.05) is 19.2 Å². The predicted molar refractivity (Wildman–Crippen MR) is 51.9 cm³/mol. The van der Waals surface area contributed by atoms with Crippen LogP contribution in [0.2, 0.25) is 0 Å². The summed E-state index contributed by atoms with van der Waals surface area (Å²) in [4.78, 5) is 23.5. The Morgan fingerprint density at radius 3 is 2.67 bits per heavy atom. The molecule has 1 aromatic heterocycles. The minimum absolute atomic E-state index is 0.330. The highest BCUT2D eigenvalue weighted by atomic mass is 16.5. The molecular formula is C10H13NO4. The van der Waals surface area contributed by atoms with Crippen molar-refractivity contribution in [2.75, 3.05) is 14.2 Å². The molecule has 0 aliphatic carbocycles. The smallest absolute Gasteiger partial charge is 0.396 e. The number of rotatable bonds is 2. The third-order valence-electron chi connectivity index (χ3n) is 2.08. The number of likely N-dealkylation sites (N-methyl/N-ethyl adjacent to an activating group) is 1. The first kappa shape index (κ1) is 11.3. The Hall–Kier alpha value is -1.78. The molecule has 0 aliphatic rings. The second kappa shape index (κ2) is 4.63. The van der Waals surface area contributed by atoms with E-state index < -0.39 is 11.9 Å². The number of nitrogens with zero attached hydrogens (tertiary/aromatic N) is 1. The summed E-state index contributed by atoms with van der Waals surface area (Å²) in [6, 6.07) is 1.76. The monoisotopic (exact) mass is 211 g/mol. The van der Waals surface area contributed by atoms with E-state index in [0.717, 1.165) is 11.3 Å². The molecule has 0 N–H and O–H groups in total. The number of amides is 1. The van der Waals surface area contributed by atoms with E-state index in [2.05, 4.69) is 4.74 Å². The molecule has 0 radical (unpaired) electrons. The van der Waals surface area contributed by atoms with Crippen LogP contribution in [0.25, 0.3) is 0 Å². The van der Waals surface area contributed by atoms with Crippen LogP contribution in [0, 0.1) is 6.92 Å². The molecule has 0 spiro atoms. The van der Waals surface area contributed by atoms with E-state index in [9.17, 15) is 9.59 Å². The van der Waals surface area contributed by atoms with Gasteiger partial charge in [0.15, 0.2) is 0 Å². The molecule has 5 nitrogen and oxygen atoms in total. The molecule has 0 aliphatic heterocycles. The summed E-state index contributed by atoms with van der Waals surface area (Å²) in [5, 5.41) is 0. The maximum Gasteiger partial charge on any atom is 0.396 e. The maximum absolute atomic E-state index is 11.3. The fourth-order valence-electron chi connectivity index (χ4n) is 1.15. The summed E-state index contributed by atoms with van der Waals surface area (Å²) in [6.07, 6.45) is 1.54. The van der Waals surface area contributed by atoms with Crippen LogP contribution in [0.3, 0.4) is 0 Å². The third-order valence-corrected chi connectivity index (χ3v) is 2.08. The lowest BCUT2D eigenvalue weighted by Crippen LogP contribution is -2.33. The van der Waals surface area contributed by atoms with Crippen molar-refractivity contribution in [1.29, 1.82) is 0 Å². The Balaban J connectivity index is 2.64. The topological polar surface area (TPSA) is 59.8 Å². The van der Waals surface area contributed by atoms with Gasteiger partial charge in [-0.05, 0) is 13.0 Å². The van der Waals surface area contributed by atoms with Crippen molar-refractivity contribution in [1.82, 2.24) is 4.90 Å². The number of hydrogen-bond acceptors (Lipinski definition) is 4. The van der Waals surface area contributed by atoms with Crippen LogP contribution in [0.1, 0.15) is 11.3 Å². The van der Waals surface area contributed by atoms with Crippen LogP contribution in [-0.2, 0) is 20.9 Å². The van der Waals surface area contributed by atoms with Gasteiger partial charge in [-0.3, -0.25) is 4.79 Å². The van der Waals surface area contributed by atoms with E-state index in [4.69, 9.17) is 4.42 Å². The number of ether oxygens (including phenoxy) is 1. The van der Waals surface area contributed by atoms with E-state index in [0.29, 0.717) is 6.54 Å². The summed E-state index contributed by atoms with van der Waals surface area (Å²) < 4.78 is 9.41.